The molecule has 0 spiro atoms. The molecule has 2 aromatic carbocycles. The average molecular weight is 326 g/mol. The molecule has 0 saturated carbocycles. The van der Waals surface area contributed by atoms with Crippen LogP contribution in [0.15, 0.2) is 58.7 Å². The Morgan fingerprint density at radius 3 is 1.25 bits per heavy atom. The molecule has 0 aliphatic rings. The second kappa shape index (κ2) is 7.23. The molecular formula is C16H14N4O4. The fraction of sp³-hybridized carbons (Fsp3) is 0.125. The van der Waals surface area contributed by atoms with Gasteiger partial charge >= 0.3 is 0 Å². The molecule has 8 heteroatoms. The van der Waals surface area contributed by atoms with E-state index in [9.17, 15) is 20.2 Å². The van der Waals surface area contributed by atoms with Crippen LogP contribution < -0.4 is 0 Å². The summed E-state index contributed by atoms with van der Waals surface area (Å²) in [5.74, 6) is 0. The van der Waals surface area contributed by atoms with Gasteiger partial charge in [0.1, 0.15) is 0 Å². The number of non-ortho nitro benzene ring substituents is 2. The van der Waals surface area contributed by atoms with Crippen LogP contribution in [0, 0.1) is 20.2 Å². The number of nitro groups is 2. The number of hydrogen-bond donors (Lipinski definition) is 0. The van der Waals surface area contributed by atoms with Crippen molar-refractivity contribution in [2.45, 2.75) is 13.8 Å². The van der Waals surface area contributed by atoms with Gasteiger partial charge in [-0.1, -0.05) is 0 Å². The number of benzene rings is 2. The zero-order chi connectivity index (χ0) is 17.7. The van der Waals surface area contributed by atoms with Crippen LogP contribution in [0.4, 0.5) is 11.4 Å². The maximum Gasteiger partial charge on any atom is 0.269 e. The Morgan fingerprint density at radius 2 is 1.00 bits per heavy atom. The Morgan fingerprint density at radius 1 is 0.708 bits per heavy atom. The fourth-order valence-electron chi connectivity index (χ4n) is 1.91. The Hall–Kier alpha value is -3.42. The van der Waals surface area contributed by atoms with Gasteiger partial charge in [0.25, 0.3) is 11.4 Å². The lowest BCUT2D eigenvalue weighted by Gasteiger charge is -2.00. The van der Waals surface area contributed by atoms with Crippen LogP contribution in [0.1, 0.15) is 25.0 Å². The lowest BCUT2D eigenvalue weighted by atomic mass is 10.1. The second-order valence-corrected chi connectivity index (χ2v) is 4.98. The van der Waals surface area contributed by atoms with Gasteiger partial charge in [0.15, 0.2) is 0 Å². The zero-order valence-corrected chi connectivity index (χ0v) is 13.0. The first kappa shape index (κ1) is 16.9. The molecule has 0 aliphatic carbocycles. The molecule has 0 saturated heterocycles. The highest BCUT2D eigenvalue weighted by atomic mass is 16.6. The number of rotatable bonds is 5. The number of nitro benzene ring substituents is 2. The predicted molar refractivity (Wildman–Crippen MR) is 90.6 cm³/mol. The SMILES string of the molecule is C/C(=N\N=C(/C)c1ccc([N+](=O)[O-])cc1)c1ccc([N+](=O)[O-])cc1. The van der Waals surface area contributed by atoms with Gasteiger partial charge in [-0.05, 0) is 49.2 Å². The summed E-state index contributed by atoms with van der Waals surface area (Å²) in [4.78, 5) is 20.3. The zero-order valence-electron chi connectivity index (χ0n) is 13.0. The summed E-state index contributed by atoms with van der Waals surface area (Å²) in [6.45, 7) is 3.49. The van der Waals surface area contributed by atoms with Crippen LogP contribution in [0.25, 0.3) is 0 Å². The number of hydrogen-bond acceptors (Lipinski definition) is 6. The van der Waals surface area contributed by atoms with Crippen molar-refractivity contribution < 1.29 is 9.85 Å². The molecule has 0 amide bonds. The van der Waals surface area contributed by atoms with Crippen molar-refractivity contribution in [3.63, 3.8) is 0 Å². The molecule has 8 nitrogen and oxygen atoms in total. The topological polar surface area (TPSA) is 111 Å². The molecule has 122 valence electrons. The molecule has 0 N–H and O–H groups in total. The highest BCUT2D eigenvalue weighted by Gasteiger charge is 2.07. The predicted octanol–water partition coefficient (Wildman–Crippen LogP) is 3.74. The highest BCUT2D eigenvalue weighted by Crippen LogP contribution is 2.14. The van der Waals surface area contributed by atoms with Gasteiger partial charge in [0, 0.05) is 24.3 Å². The molecule has 2 aromatic rings. The third-order valence-corrected chi connectivity index (χ3v) is 3.34. The molecule has 0 bridgehead atoms. The molecule has 0 atom stereocenters. The average Bonchev–Trinajstić information content (AvgIpc) is 2.59. The Labute approximate surface area is 137 Å². The van der Waals surface area contributed by atoms with Crippen LogP contribution >= 0.6 is 0 Å². The standard InChI is InChI=1S/C16H14N4O4/c1-11(13-3-7-15(8-4-13)19(21)22)17-18-12(2)14-5-9-16(10-6-14)20(23)24/h3-10H,1-2H3/b17-11+,18-12+. The molecule has 24 heavy (non-hydrogen) atoms. The van der Waals surface area contributed by atoms with Crippen molar-refractivity contribution in [1.29, 1.82) is 0 Å². The lowest BCUT2D eigenvalue weighted by molar-refractivity contribution is -0.385. The van der Waals surface area contributed by atoms with Gasteiger partial charge in [0.2, 0.25) is 0 Å². The highest BCUT2D eigenvalue weighted by molar-refractivity contribution is 6.01. The molecule has 0 aromatic heterocycles. The molecule has 0 aliphatic heterocycles. The summed E-state index contributed by atoms with van der Waals surface area (Å²) in [5.41, 5.74) is 2.67. The Bertz CT molecular complexity index is 753. The molecule has 0 unspecified atom stereocenters. The summed E-state index contributed by atoms with van der Waals surface area (Å²) >= 11 is 0. The van der Waals surface area contributed by atoms with E-state index in [0.29, 0.717) is 11.4 Å². The van der Waals surface area contributed by atoms with Gasteiger partial charge in [-0.3, -0.25) is 20.2 Å². The third kappa shape index (κ3) is 4.07. The van der Waals surface area contributed by atoms with E-state index in [-0.39, 0.29) is 11.4 Å². The van der Waals surface area contributed by atoms with Crippen molar-refractivity contribution >= 4 is 22.8 Å². The van der Waals surface area contributed by atoms with Crippen molar-refractivity contribution in [1.82, 2.24) is 0 Å². The van der Waals surface area contributed by atoms with Crippen molar-refractivity contribution in [2.24, 2.45) is 10.2 Å². The smallest absolute Gasteiger partial charge is 0.258 e. The van der Waals surface area contributed by atoms with Crippen LogP contribution in [-0.2, 0) is 0 Å². The Kier molecular flexibility index (Phi) is 5.10. The Balaban J connectivity index is 2.18. The first-order valence-electron chi connectivity index (χ1n) is 6.97. The molecule has 0 fully saturated rings. The second-order valence-electron chi connectivity index (χ2n) is 4.98. The van der Waals surface area contributed by atoms with Crippen LogP contribution in [0.3, 0.4) is 0 Å². The maximum atomic E-state index is 10.6. The summed E-state index contributed by atoms with van der Waals surface area (Å²) < 4.78 is 0. The number of nitrogens with zero attached hydrogens (tertiary/aromatic N) is 4. The van der Waals surface area contributed by atoms with Crippen LogP contribution in [0.2, 0.25) is 0 Å². The summed E-state index contributed by atoms with van der Waals surface area (Å²) in [6.07, 6.45) is 0. The van der Waals surface area contributed by atoms with Crippen LogP contribution in [0.5, 0.6) is 0 Å². The van der Waals surface area contributed by atoms with Gasteiger partial charge in [-0.25, -0.2) is 0 Å². The molecule has 2 rings (SSSR count). The van der Waals surface area contributed by atoms with E-state index in [1.165, 1.54) is 24.3 Å². The van der Waals surface area contributed by atoms with E-state index in [2.05, 4.69) is 10.2 Å². The lowest BCUT2D eigenvalue weighted by Crippen LogP contribution is -1.98. The van der Waals surface area contributed by atoms with E-state index >= 15 is 0 Å². The molecule has 0 heterocycles. The summed E-state index contributed by atoms with van der Waals surface area (Å²) in [7, 11) is 0. The monoisotopic (exact) mass is 326 g/mol. The van der Waals surface area contributed by atoms with E-state index in [1.807, 2.05) is 0 Å². The van der Waals surface area contributed by atoms with Crippen molar-refractivity contribution in [3.8, 4) is 0 Å². The normalized spacial score (nSPS) is 12.1. The molecule has 0 radical (unpaired) electrons. The van der Waals surface area contributed by atoms with E-state index in [1.54, 1.807) is 38.1 Å². The summed E-state index contributed by atoms with van der Waals surface area (Å²) in [5, 5.41) is 29.5. The van der Waals surface area contributed by atoms with E-state index in [0.717, 1.165) is 11.1 Å². The van der Waals surface area contributed by atoms with E-state index in [4.69, 9.17) is 0 Å². The maximum absolute atomic E-state index is 10.6. The third-order valence-electron chi connectivity index (χ3n) is 3.34. The van der Waals surface area contributed by atoms with Gasteiger partial charge in [0.05, 0.1) is 21.3 Å². The minimum Gasteiger partial charge on any atom is -0.258 e. The van der Waals surface area contributed by atoms with Gasteiger partial charge in [-0.15, -0.1) is 0 Å². The molecular weight excluding hydrogens is 312 g/mol. The van der Waals surface area contributed by atoms with Gasteiger partial charge in [-0.2, -0.15) is 10.2 Å². The van der Waals surface area contributed by atoms with E-state index < -0.39 is 9.85 Å². The fourth-order valence-corrected chi connectivity index (χ4v) is 1.91. The first-order valence-corrected chi connectivity index (χ1v) is 6.97. The minimum atomic E-state index is -0.465. The van der Waals surface area contributed by atoms with Crippen molar-refractivity contribution in [3.05, 3.63) is 79.9 Å². The van der Waals surface area contributed by atoms with Crippen LogP contribution in [-0.4, -0.2) is 21.3 Å². The largest absolute Gasteiger partial charge is 0.269 e. The first-order chi connectivity index (χ1) is 11.4. The quantitative estimate of drug-likeness (QED) is 0.473. The summed E-state index contributed by atoms with van der Waals surface area (Å²) in [6, 6.07) is 12.0. The van der Waals surface area contributed by atoms with Gasteiger partial charge < -0.3 is 0 Å². The van der Waals surface area contributed by atoms with Crippen molar-refractivity contribution in [2.75, 3.05) is 0 Å². The minimum absolute atomic E-state index is 0.0112.